The third-order valence-corrected chi connectivity index (χ3v) is 7.17. The first-order valence-electron chi connectivity index (χ1n) is 13.2. The number of fused-ring (bicyclic) bond motifs is 2. The maximum absolute atomic E-state index is 14.1. The van der Waals surface area contributed by atoms with Crippen LogP contribution in [0.4, 0.5) is 4.79 Å². The topological polar surface area (TPSA) is 95.1 Å². The van der Waals surface area contributed by atoms with Gasteiger partial charge in [-0.15, -0.1) is 0 Å². The number of carbonyl (C=O) groups excluding carboxylic acids is 2. The zero-order valence-electron chi connectivity index (χ0n) is 22.0. The Labute approximate surface area is 221 Å². The van der Waals surface area contributed by atoms with E-state index in [4.69, 9.17) is 4.74 Å². The maximum atomic E-state index is 14.1. The first-order chi connectivity index (χ1) is 18.3. The number of carbonyl (C=O) groups is 2. The number of aryl methyl sites for hydroxylation is 1. The van der Waals surface area contributed by atoms with E-state index in [9.17, 15) is 9.59 Å². The van der Waals surface area contributed by atoms with Crippen LogP contribution in [0.3, 0.4) is 0 Å². The Morgan fingerprint density at radius 1 is 1.08 bits per heavy atom. The van der Waals surface area contributed by atoms with E-state index in [0.29, 0.717) is 18.5 Å². The molecular weight excluding hydrogens is 480 g/mol. The first-order valence-corrected chi connectivity index (χ1v) is 13.2. The van der Waals surface area contributed by atoms with Crippen LogP contribution < -0.4 is 0 Å². The van der Waals surface area contributed by atoms with Crippen molar-refractivity contribution in [1.29, 1.82) is 0 Å². The molecule has 0 spiro atoms. The molecule has 0 radical (unpaired) electrons. The summed E-state index contributed by atoms with van der Waals surface area (Å²) in [5.41, 5.74) is 4.00. The summed E-state index contributed by atoms with van der Waals surface area (Å²) < 4.78 is 8.71. The molecule has 1 unspecified atom stereocenters. The quantitative estimate of drug-likeness (QED) is 0.387. The van der Waals surface area contributed by atoms with Crippen LogP contribution in [0, 0.1) is 0 Å². The standard InChI is InChI=1S/C29H32N6O3/c1-29(2,3)38-28(37)34-18-20-14-22(11-12-25(20)32-34)35(21-9-10-21)27(36)23-7-4-8-26-24(23)16-31-33(26)17-19-6-5-13-30-15-19/h4-8,13,15-16,18,21-22H,9-12,14,17H2,1-3H3. The highest BCUT2D eigenvalue weighted by Crippen LogP contribution is 2.36. The number of rotatable bonds is 5. The number of hydrogen-bond acceptors (Lipinski definition) is 6. The summed E-state index contributed by atoms with van der Waals surface area (Å²) in [5.74, 6) is 0.0482. The SMILES string of the molecule is CC(C)(C)OC(=O)n1cc2c(n1)CCC(N(C(=O)c1cccc3c1cnn3Cc1cccnc1)C1CC1)C2. The van der Waals surface area contributed by atoms with Crippen molar-refractivity contribution in [2.45, 2.75) is 77.1 Å². The molecule has 1 fully saturated rings. The number of amides is 1. The van der Waals surface area contributed by atoms with Crippen LogP contribution in [0.25, 0.3) is 10.9 Å². The summed E-state index contributed by atoms with van der Waals surface area (Å²) in [6.45, 7) is 6.11. The maximum Gasteiger partial charge on any atom is 0.435 e. The fourth-order valence-electron chi connectivity index (χ4n) is 5.33. The molecule has 1 aromatic carbocycles. The third kappa shape index (κ3) is 4.80. The van der Waals surface area contributed by atoms with Gasteiger partial charge in [-0.05, 0) is 82.2 Å². The van der Waals surface area contributed by atoms with Gasteiger partial charge in [0.15, 0.2) is 0 Å². The number of hydrogen-bond donors (Lipinski definition) is 0. The highest BCUT2D eigenvalue weighted by atomic mass is 16.6. The van der Waals surface area contributed by atoms with Crippen LogP contribution in [0.1, 0.15) is 67.2 Å². The molecule has 2 aliphatic carbocycles. The van der Waals surface area contributed by atoms with Crippen molar-refractivity contribution in [3.05, 3.63) is 77.5 Å². The molecule has 6 rings (SSSR count). The Kier molecular flexibility index (Phi) is 6.01. The summed E-state index contributed by atoms with van der Waals surface area (Å²) in [7, 11) is 0. The third-order valence-electron chi connectivity index (χ3n) is 7.17. The normalized spacial score (nSPS) is 17.3. The largest absolute Gasteiger partial charge is 0.442 e. The zero-order valence-corrected chi connectivity index (χ0v) is 22.0. The van der Waals surface area contributed by atoms with Gasteiger partial charge in [0.25, 0.3) is 5.91 Å². The Balaban J connectivity index is 1.25. The van der Waals surface area contributed by atoms with Crippen molar-refractivity contribution in [2.75, 3.05) is 0 Å². The second-order valence-corrected chi connectivity index (χ2v) is 11.3. The highest BCUT2D eigenvalue weighted by molar-refractivity contribution is 6.06. The van der Waals surface area contributed by atoms with E-state index in [1.54, 1.807) is 18.6 Å². The van der Waals surface area contributed by atoms with Crippen molar-refractivity contribution < 1.29 is 14.3 Å². The van der Waals surface area contributed by atoms with Crippen LogP contribution in [-0.2, 0) is 24.1 Å². The second-order valence-electron chi connectivity index (χ2n) is 11.3. The van der Waals surface area contributed by atoms with E-state index in [1.807, 2.05) is 62.0 Å². The molecule has 4 aromatic rings. The van der Waals surface area contributed by atoms with Crippen molar-refractivity contribution in [3.63, 3.8) is 0 Å². The molecule has 3 aromatic heterocycles. The number of nitrogens with zero attached hydrogens (tertiary/aromatic N) is 6. The zero-order chi connectivity index (χ0) is 26.4. The predicted octanol–water partition coefficient (Wildman–Crippen LogP) is 4.62. The van der Waals surface area contributed by atoms with E-state index < -0.39 is 11.7 Å². The molecule has 0 aliphatic heterocycles. The van der Waals surface area contributed by atoms with Gasteiger partial charge in [-0.1, -0.05) is 12.1 Å². The molecule has 1 atom stereocenters. The van der Waals surface area contributed by atoms with Gasteiger partial charge in [0, 0.05) is 36.1 Å². The summed E-state index contributed by atoms with van der Waals surface area (Å²) in [6.07, 6.45) is 10.9. The predicted molar refractivity (Wildman–Crippen MR) is 142 cm³/mol. The van der Waals surface area contributed by atoms with Gasteiger partial charge in [-0.2, -0.15) is 14.9 Å². The molecular formula is C29H32N6O3. The molecule has 0 N–H and O–H groups in total. The molecule has 0 bridgehead atoms. The van der Waals surface area contributed by atoms with Crippen LogP contribution in [0.5, 0.6) is 0 Å². The number of ether oxygens (including phenoxy) is 1. The Morgan fingerprint density at radius 3 is 2.66 bits per heavy atom. The molecule has 2 aliphatic rings. The molecule has 3 heterocycles. The van der Waals surface area contributed by atoms with Crippen LogP contribution in [0.15, 0.2) is 55.1 Å². The molecule has 9 heteroatoms. The minimum Gasteiger partial charge on any atom is -0.442 e. The highest BCUT2D eigenvalue weighted by Gasteiger charge is 2.40. The van der Waals surface area contributed by atoms with Gasteiger partial charge in [-0.25, -0.2) is 4.79 Å². The summed E-state index contributed by atoms with van der Waals surface area (Å²) in [4.78, 5) is 32.9. The summed E-state index contributed by atoms with van der Waals surface area (Å²) >= 11 is 0. The fourth-order valence-corrected chi connectivity index (χ4v) is 5.33. The first kappa shape index (κ1) is 24.3. The average Bonchev–Trinajstić information content (AvgIpc) is 3.48. The van der Waals surface area contributed by atoms with E-state index in [1.165, 1.54) is 4.68 Å². The molecule has 1 amide bonds. The van der Waals surface area contributed by atoms with Crippen molar-refractivity contribution in [2.24, 2.45) is 0 Å². The van der Waals surface area contributed by atoms with Crippen LogP contribution in [0.2, 0.25) is 0 Å². The number of benzene rings is 1. The smallest absolute Gasteiger partial charge is 0.435 e. The van der Waals surface area contributed by atoms with Gasteiger partial charge < -0.3 is 9.64 Å². The molecule has 38 heavy (non-hydrogen) atoms. The van der Waals surface area contributed by atoms with Crippen molar-refractivity contribution in [3.8, 4) is 0 Å². The van der Waals surface area contributed by atoms with E-state index in [2.05, 4.69) is 20.1 Å². The lowest BCUT2D eigenvalue weighted by Gasteiger charge is -2.34. The lowest BCUT2D eigenvalue weighted by atomic mass is 9.91. The molecule has 9 nitrogen and oxygen atoms in total. The second kappa shape index (κ2) is 9.38. The molecule has 0 saturated heterocycles. The Bertz CT molecular complexity index is 1500. The van der Waals surface area contributed by atoms with Gasteiger partial charge >= 0.3 is 6.09 Å². The lowest BCUT2D eigenvalue weighted by Crippen LogP contribution is -2.44. The van der Waals surface area contributed by atoms with E-state index >= 15 is 0 Å². The Hall–Kier alpha value is -4.01. The molecule has 196 valence electrons. The van der Waals surface area contributed by atoms with Gasteiger partial charge in [0.1, 0.15) is 5.60 Å². The van der Waals surface area contributed by atoms with Gasteiger partial charge in [0.2, 0.25) is 0 Å². The lowest BCUT2D eigenvalue weighted by molar-refractivity contribution is 0.0513. The van der Waals surface area contributed by atoms with Gasteiger partial charge in [0.05, 0.1) is 29.5 Å². The summed E-state index contributed by atoms with van der Waals surface area (Å²) in [6, 6.07) is 10.1. The monoisotopic (exact) mass is 512 g/mol. The van der Waals surface area contributed by atoms with Crippen LogP contribution in [-0.4, -0.2) is 59.1 Å². The number of aromatic nitrogens is 5. The fraction of sp³-hybridized carbons (Fsp3) is 0.414. The van der Waals surface area contributed by atoms with Crippen molar-refractivity contribution >= 4 is 22.9 Å². The summed E-state index contributed by atoms with van der Waals surface area (Å²) in [5, 5.41) is 9.96. The Morgan fingerprint density at radius 2 is 1.92 bits per heavy atom. The van der Waals surface area contributed by atoms with Crippen molar-refractivity contribution in [1.82, 2.24) is 29.4 Å². The molecule has 1 saturated carbocycles. The number of pyridine rings is 1. The average molecular weight is 513 g/mol. The van der Waals surface area contributed by atoms with E-state index in [0.717, 1.165) is 53.4 Å². The minimum absolute atomic E-state index is 0.0482. The van der Waals surface area contributed by atoms with E-state index in [-0.39, 0.29) is 18.0 Å². The minimum atomic E-state index is -0.589. The van der Waals surface area contributed by atoms with Gasteiger partial charge in [-0.3, -0.25) is 14.5 Å². The van der Waals surface area contributed by atoms with Crippen LogP contribution >= 0.6 is 0 Å².